The lowest BCUT2D eigenvalue weighted by molar-refractivity contribution is -0.384. The molecule has 0 aliphatic rings. The van der Waals surface area contributed by atoms with Gasteiger partial charge in [-0.15, -0.1) is 0 Å². The van der Waals surface area contributed by atoms with Crippen LogP contribution in [0.1, 0.15) is 31.2 Å². The molecule has 6 heteroatoms. The minimum atomic E-state index is -0.402. The third kappa shape index (κ3) is 6.76. The fraction of sp³-hybridized carbons (Fsp3) is 0.240. The maximum atomic E-state index is 10.8. The number of non-ortho nitro benzene ring substituents is 1. The van der Waals surface area contributed by atoms with Gasteiger partial charge in [-0.05, 0) is 66.8 Å². The van der Waals surface area contributed by atoms with Gasteiger partial charge in [0.1, 0.15) is 5.75 Å². The fourth-order valence-electron chi connectivity index (χ4n) is 3.13. The smallest absolute Gasteiger partial charge is 0.269 e. The zero-order valence-corrected chi connectivity index (χ0v) is 17.3. The van der Waals surface area contributed by atoms with Crippen molar-refractivity contribution in [2.75, 3.05) is 13.2 Å². The van der Waals surface area contributed by atoms with E-state index in [1.54, 1.807) is 18.3 Å². The number of aliphatic imine (C=N–C) groups is 1. The van der Waals surface area contributed by atoms with E-state index in [0.717, 1.165) is 53.8 Å². The summed E-state index contributed by atoms with van der Waals surface area (Å²) in [7, 11) is 0. The van der Waals surface area contributed by atoms with E-state index in [1.807, 2.05) is 48.5 Å². The summed E-state index contributed by atoms with van der Waals surface area (Å²) >= 11 is 0. The molecule has 0 aliphatic carbocycles. The van der Waals surface area contributed by atoms with E-state index in [0.29, 0.717) is 6.61 Å². The first-order chi connectivity index (χ1) is 15.2. The van der Waals surface area contributed by atoms with Crippen LogP contribution in [0.4, 0.5) is 11.4 Å². The molecule has 0 heterocycles. The predicted molar refractivity (Wildman–Crippen MR) is 123 cm³/mol. The van der Waals surface area contributed by atoms with Gasteiger partial charge in [-0.25, -0.2) is 0 Å². The minimum Gasteiger partial charge on any atom is -0.493 e. The number of nitro benzene ring substituents is 1. The van der Waals surface area contributed by atoms with Crippen LogP contribution in [-0.4, -0.2) is 29.5 Å². The van der Waals surface area contributed by atoms with Crippen molar-refractivity contribution < 1.29 is 14.8 Å². The number of rotatable bonds is 11. The van der Waals surface area contributed by atoms with E-state index in [1.165, 1.54) is 12.1 Å². The molecule has 3 aromatic carbocycles. The first kappa shape index (κ1) is 22.2. The second kappa shape index (κ2) is 11.6. The highest BCUT2D eigenvalue weighted by atomic mass is 16.6. The molecule has 0 aromatic heterocycles. The van der Waals surface area contributed by atoms with Crippen molar-refractivity contribution in [3.8, 4) is 16.9 Å². The van der Waals surface area contributed by atoms with Crippen molar-refractivity contribution >= 4 is 17.6 Å². The van der Waals surface area contributed by atoms with Crippen LogP contribution in [0.2, 0.25) is 0 Å². The van der Waals surface area contributed by atoms with E-state index in [2.05, 4.69) is 4.99 Å². The van der Waals surface area contributed by atoms with Gasteiger partial charge in [0.2, 0.25) is 0 Å². The van der Waals surface area contributed by atoms with Gasteiger partial charge in [0, 0.05) is 30.5 Å². The Hall–Kier alpha value is -3.51. The number of unbranched alkanes of at least 4 members (excludes halogenated alkanes) is 3. The second-order valence-corrected chi connectivity index (χ2v) is 7.13. The quantitative estimate of drug-likeness (QED) is 0.181. The van der Waals surface area contributed by atoms with Crippen molar-refractivity contribution in [3.63, 3.8) is 0 Å². The fourth-order valence-corrected chi connectivity index (χ4v) is 3.13. The Labute approximate surface area is 182 Å². The molecule has 160 valence electrons. The Bertz CT molecular complexity index is 999. The largest absolute Gasteiger partial charge is 0.493 e. The third-order valence-electron chi connectivity index (χ3n) is 4.86. The van der Waals surface area contributed by atoms with Gasteiger partial charge in [-0.3, -0.25) is 15.1 Å². The summed E-state index contributed by atoms with van der Waals surface area (Å²) in [5, 5.41) is 19.6. The number of ether oxygens (including phenoxy) is 1. The van der Waals surface area contributed by atoms with Crippen LogP contribution in [-0.2, 0) is 0 Å². The van der Waals surface area contributed by atoms with Gasteiger partial charge >= 0.3 is 0 Å². The lowest BCUT2D eigenvalue weighted by atomic mass is 10.1. The van der Waals surface area contributed by atoms with Crippen molar-refractivity contribution in [3.05, 3.63) is 88.5 Å². The van der Waals surface area contributed by atoms with E-state index in [9.17, 15) is 10.1 Å². The molecular formula is C25H26N2O4. The average molecular weight is 418 g/mol. The Kier molecular flexibility index (Phi) is 8.31. The summed E-state index contributed by atoms with van der Waals surface area (Å²) in [6.07, 6.45) is 5.64. The van der Waals surface area contributed by atoms with Crippen LogP contribution < -0.4 is 4.74 Å². The molecule has 0 unspecified atom stereocenters. The first-order valence-electron chi connectivity index (χ1n) is 10.4. The number of hydrogen-bond acceptors (Lipinski definition) is 5. The maximum Gasteiger partial charge on any atom is 0.269 e. The number of benzene rings is 3. The highest BCUT2D eigenvalue weighted by Crippen LogP contribution is 2.25. The Balaban J connectivity index is 1.61. The minimum absolute atomic E-state index is 0.0796. The zero-order valence-electron chi connectivity index (χ0n) is 17.3. The van der Waals surface area contributed by atoms with Crippen LogP contribution in [0.15, 0.2) is 77.8 Å². The Morgan fingerprint density at radius 1 is 0.871 bits per heavy atom. The van der Waals surface area contributed by atoms with E-state index < -0.39 is 4.92 Å². The molecule has 0 atom stereocenters. The monoisotopic (exact) mass is 418 g/mol. The molecule has 0 bridgehead atoms. The van der Waals surface area contributed by atoms with E-state index in [-0.39, 0.29) is 12.3 Å². The normalized spacial score (nSPS) is 11.0. The summed E-state index contributed by atoms with van der Waals surface area (Å²) < 4.78 is 5.91. The number of nitrogens with zero attached hydrogens (tertiary/aromatic N) is 2. The summed E-state index contributed by atoms with van der Waals surface area (Å²) in [5.74, 6) is 0.802. The van der Waals surface area contributed by atoms with Gasteiger partial charge in [0.25, 0.3) is 5.69 Å². The standard InChI is InChI=1S/C25H26N2O4/c28-17-5-1-2-6-18-31-25-8-4-3-7-22(25)19-26-23-13-9-20(10-14-23)21-11-15-24(16-12-21)27(29)30/h3-4,7-16,19,28H,1-2,5-6,17-18H2/b26-19-. The van der Waals surface area contributed by atoms with Crippen molar-refractivity contribution in [2.24, 2.45) is 4.99 Å². The molecular weight excluding hydrogens is 392 g/mol. The number of nitro groups is 1. The summed E-state index contributed by atoms with van der Waals surface area (Å²) in [4.78, 5) is 14.9. The van der Waals surface area contributed by atoms with Gasteiger partial charge in [0.15, 0.2) is 0 Å². The number of aliphatic hydroxyl groups is 1. The SMILES string of the molecule is O=[N+]([O-])c1ccc(-c2ccc(/N=C\c3ccccc3OCCCCCCO)cc2)cc1. The van der Waals surface area contributed by atoms with Crippen molar-refractivity contribution in [1.29, 1.82) is 0 Å². The van der Waals surface area contributed by atoms with Crippen LogP contribution in [0.3, 0.4) is 0 Å². The molecule has 0 amide bonds. The highest BCUT2D eigenvalue weighted by Gasteiger charge is 2.05. The average Bonchev–Trinajstić information content (AvgIpc) is 2.81. The summed E-state index contributed by atoms with van der Waals surface area (Å²) in [6, 6.07) is 22.0. The highest BCUT2D eigenvalue weighted by molar-refractivity contribution is 5.85. The molecule has 3 aromatic rings. The Morgan fingerprint density at radius 3 is 2.19 bits per heavy atom. The van der Waals surface area contributed by atoms with Crippen LogP contribution >= 0.6 is 0 Å². The second-order valence-electron chi connectivity index (χ2n) is 7.13. The molecule has 0 saturated carbocycles. The van der Waals surface area contributed by atoms with Gasteiger partial charge in [0.05, 0.1) is 17.2 Å². The molecule has 1 N–H and O–H groups in total. The van der Waals surface area contributed by atoms with E-state index in [4.69, 9.17) is 9.84 Å². The molecule has 0 aliphatic heterocycles. The van der Waals surface area contributed by atoms with Gasteiger partial charge < -0.3 is 9.84 Å². The zero-order chi connectivity index (χ0) is 21.9. The summed E-state index contributed by atoms with van der Waals surface area (Å²) in [5.41, 5.74) is 3.69. The lowest BCUT2D eigenvalue weighted by Crippen LogP contribution is -2.00. The molecule has 0 fully saturated rings. The number of hydrogen-bond donors (Lipinski definition) is 1. The van der Waals surface area contributed by atoms with Gasteiger partial charge in [-0.1, -0.05) is 30.7 Å². The third-order valence-corrected chi connectivity index (χ3v) is 4.86. The van der Waals surface area contributed by atoms with Crippen molar-refractivity contribution in [2.45, 2.75) is 25.7 Å². The van der Waals surface area contributed by atoms with E-state index >= 15 is 0 Å². The van der Waals surface area contributed by atoms with Crippen LogP contribution in [0.25, 0.3) is 11.1 Å². The number of aliphatic hydroxyl groups excluding tert-OH is 1. The first-order valence-corrected chi connectivity index (χ1v) is 10.4. The molecule has 3 rings (SSSR count). The lowest BCUT2D eigenvalue weighted by Gasteiger charge is -2.08. The van der Waals surface area contributed by atoms with Crippen molar-refractivity contribution in [1.82, 2.24) is 0 Å². The predicted octanol–water partition coefficient (Wildman–Crippen LogP) is 5.94. The molecule has 0 radical (unpaired) electrons. The Morgan fingerprint density at radius 2 is 1.52 bits per heavy atom. The molecule has 31 heavy (non-hydrogen) atoms. The molecule has 0 spiro atoms. The molecule has 6 nitrogen and oxygen atoms in total. The molecule has 0 saturated heterocycles. The number of para-hydroxylation sites is 1. The topological polar surface area (TPSA) is 85.0 Å². The van der Waals surface area contributed by atoms with Crippen LogP contribution in [0, 0.1) is 10.1 Å². The summed E-state index contributed by atoms with van der Waals surface area (Å²) in [6.45, 7) is 0.884. The maximum absolute atomic E-state index is 10.8. The van der Waals surface area contributed by atoms with Crippen LogP contribution in [0.5, 0.6) is 5.75 Å². The van der Waals surface area contributed by atoms with Gasteiger partial charge in [-0.2, -0.15) is 0 Å².